The van der Waals surface area contributed by atoms with Crippen LogP contribution in [0.4, 0.5) is 0 Å². The zero-order valence-corrected chi connectivity index (χ0v) is 9.50. The van der Waals surface area contributed by atoms with Gasteiger partial charge in [0.05, 0.1) is 20.9 Å². The average molecular weight is 208 g/mol. The summed E-state index contributed by atoms with van der Waals surface area (Å²) in [6, 6.07) is 0. The molecule has 0 radical (unpaired) electrons. The largest absolute Gasteiger partial charge is 0.594 e. The van der Waals surface area contributed by atoms with Gasteiger partial charge in [0.25, 0.3) is 5.66 Å². The van der Waals surface area contributed by atoms with Gasteiger partial charge in [0.2, 0.25) is 0 Å². The standard InChI is InChI=1S/C7H22N5O2/c1-6(2,8)12(5,9)7(3,4)11(13)14-10/h11H,8-10H2,1-5H3/q+1. The van der Waals surface area contributed by atoms with Crippen LogP contribution in [-0.4, -0.2) is 23.0 Å². The molecular weight excluding hydrogens is 186 g/mol. The molecule has 86 valence electrons. The van der Waals surface area contributed by atoms with Crippen molar-refractivity contribution in [2.75, 3.05) is 7.05 Å². The Bertz CT molecular complexity index is 199. The summed E-state index contributed by atoms with van der Waals surface area (Å²) < 4.78 is -0.212. The van der Waals surface area contributed by atoms with E-state index in [1.807, 2.05) is 0 Å². The number of nitrogens with one attached hydrogen (secondary N) is 1. The minimum Gasteiger partial charge on any atom is -0.594 e. The molecule has 0 aliphatic heterocycles. The summed E-state index contributed by atoms with van der Waals surface area (Å²) in [6.45, 7) is 6.74. The van der Waals surface area contributed by atoms with Crippen molar-refractivity contribution < 1.29 is 14.8 Å². The molecule has 14 heavy (non-hydrogen) atoms. The molecule has 0 rings (SSSR count). The van der Waals surface area contributed by atoms with Crippen LogP contribution in [0, 0.1) is 5.21 Å². The number of hydrogen-bond acceptors (Lipinski definition) is 5. The molecule has 2 unspecified atom stereocenters. The lowest BCUT2D eigenvalue weighted by molar-refractivity contribution is -1.24. The van der Waals surface area contributed by atoms with Gasteiger partial charge in [0, 0.05) is 13.8 Å². The molecule has 0 saturated heterocycles. The van der Waals surface area contributed by atoms with Crippen LogP contribution < -0.4 is 22.7 Å². The third-order valence-corrected chi connectivity index (χ3v) is 2.97. The molecule has 0 aliphatic rings. The Kier molecular flexibility index (Phi) is 3.63. The number of nitrogens with zero attached hydrogens (tertiary/aromatic N) is 1. The van der Waals surface area contributed by atoms with E-state index in [2.05, 4.69) is 4.94 Å². The first-order valence-electron chi connectivity index (χ1n) is 4.34. The zero-order valence-electron chi connectivity index (χ0n) is 9.50. The normalized spacial score (nSPS) is 20.4. The summed E-state index contributed by atoms with van der Waals surface area (Å²) in [4.78, 5) is 4.21. The van der Waals surface area contributed by atoms with Gasteiger partial charge < -0.3 is 5.21 Å². The Balaban J connectivity index is 5.07. The van der Waals surface area contributed by atoms with Crippen molar-refractivity contribution in [3.8, 4) is 0 Å². The van der Waals surface area contributed by atoms with Crippen molar-refractivity contribution in [2.45, 2.75) is 39.0 Å². The summed E-state index contributed by atoms with van der Waals surface area (Å²) in [5, 5.41) is 10.8. The lowest BCUT2D eigenvalue weighted by atomic mass is 10.1. The van der Waals surface area contributed by atoms with E-state index in [0.717, 1.165) is 0 Å². The minimum atomic E-state index is -1.01. The van der Waals surface area contributed by atoms with E-state index in [1.165, 1.54) is 0 Å². The van der Waals surface area contributed by atoms with Gasteiger partial charge in [0.1, 0.15) is 0 Å². The molecule has 7 N–H and O–H groups in total. The second-order valence-electron chi connectivity index (χ2n) is 4.69. The maximum atomic E-state index is 11.4. The van der Waals surface area contributed by atoms with E-state index in [-0.39, 0.29) is 4.59 Å². The number of quaternary nitrogens is 2. The predicted molar refractivity (Wildman–Crippen MR) is 52.3 cm³/mol. The number of rotatable bonds is 4. The third-order valence-electron chi connectivity index (χ3n) is 2.97. The van der Waals surface area contributed by atoms with Crippen LogP contribution in [0.1, 0.15) is 27.7 Å². The molecule has 0 aromatic carbocycles. The van der Waals surface area contributed by atoms with E-state index in [1.54, 1.807) is 34.7 Å². The minimum absolute atomic E-state index is 0.212. The van der Waals surface area contributed by atoms with Crippen molar-refractivity contribution in [2.24, 2.45) is 17.5 Å². The molecule has 0 aromatic heterocycles. The van der Waals surface area contributed by atoms with Crippen LogP contribution >= 0.6 is 0 Å². The lowest BCUT2D eigenvalue weighted by Gasteiger charge is -2.50. The first kappa shape index (κ1) is 13.7. The van der Waals surface area contributed by atoms with E-state index < -0.39 is 16.6 Å². The maximum Gasteiger partial charge on any atom is 0.267 e. The monoisotopic (exact) mass is 208 g/mol. The fraction of sp³-hybridized carbons (Fsp3) is 1.00. The number of hydrogen-bond donors (Lipinski definition) is 4. The van der Waals surface area contributed by atoms with Crippen molar-refractivity contribution >= 4 is 0 Å². The molecule has 2 atom stereocenters. The van der Waals surface area contributed by atoms with Gasteiger partial charge in [-0.25, -0.2) is 0 Å². The smallest absolute Gasteiger partial charge is 0.267 e. The van der Waals surface area contributed by atoms with E-state index in [9.17, 15) is 5.21 Å². The van der Waals surface area contributed by atoms with Gasteiger partial charge in [-0.15, -0.1) is 4.94 Å². The van der Waals surface area contributed by atoms with Crippen LogP contribution in [0.15, 0.2) is 0 Å². The maximum absolute atomic E-state index is 11.4. The van der Waals surface area contributed by atoms with Crippen LogP contribution in [0.5, 0.6) is 0 Å². The molecule has 0 spiro atoms. The quantitative estimate of drug-likeness (QED) is 0.183. The fourth-order valence-electron chi connectivity index (χ4n) is 1.05. The highest BCUT2D eigenvalue weighted by molar-refractivity contribution is 4.63. The third kappa shape index (κ3) is 2.04. The zero-order chi connectivity index (χ0) is 11.8. The van der Waals surface area contributed by atoms with E-state index in [4.69, 9.17) is 17.5 Å². The number of nitrogens with two attached hydrogens (primary N) is 3. The summed E-state index contributed by atoms with van der Waals surface area (Å²) in [5.74, 6) is 10.8. The first-order chi connectivity index (χ1) is 5.98. The predicted octanol–water partition coefficient (Wildman–Crippen LogP) is -2.07. The Morgan fingerprint density at radius 2 is 1.64 bits per heavy atom. The topological polar surface area (TPSA) is 115 Å². The average Bonchev–Trinajstić information content (AvgIpc) is 2.00. The van der Waals surface area contributed by atoms with Crippen LogP contribution in [-0.2, 0) is 4.94 Å². The molecule has 0 bridgehead atoms. The lowest BCUT2D eigenvalue weighted by Crippen LogP contribution is -3.20. The fourth-order valence-corrected chi connectivity index (χ4v) is 1.05. The van der Waals surface area contributed by atoms with Gasteiger partial charge in [-0.2, -0.15) is 21.6 Å². The Morgan fingerprint density at radius 3 is 1.86 bits per heavy atom. The second-order valence-corrected chi connectivity index (χ2v) is 4.69. The van der Waals surface area contributed by atoms with Crippen molar-refractivity contribution in [3.63, 3.8) is 0 Å². The van der Waals surface area contributed by atoms with Crippen LogP contribution in [0.3, 0.4) is 0 Å². The van der Waals surface area contributed by atoms with Gasteiger partial charge in [-0.1, -0.05) is 0 Å². The highest BCUT2D eigenvalue weighted by atomic mass is 17.0. The van der Waals surface area contributed by atoms with Gasteiger partial charge in [-0.3, -0.25) is 5.73 Å². The molecule has 0 aliphatic carbocycles. The van der Waals surface area contributed by atoms with Crippen LogP contribution in [0.2, 0.25) is 0 Å². The molecular formula is C7H22N5O2+. The van der Waals surface area contributed by atoms with Crippen molar-refractivity contribution in [1.29, 1.82) is 0 Å². The van der Waals surface area contributed by atoms with Gasteiger partial charge >= 0.3 is 0 Å². The SMILES string of the molecule is CC(C)(N)[N+](C)(N)C(C)(C)[NH+]([O-])ON. The molecule has 0 heterocycles. The number of hydroxylamine groups is 2. The molecule has 0 saturated carbocycles. The van der Waals surface area contributed by atoms with E-state index in [0.29, 0.717) is 0 Å². The highest BCUT2D eigenvalue weighted by Crippen LogP contribution is 2.20. The Hall–Kier alpha value is -0.280. The van der Waals surface area contributed by atoms with Gasteiger partial charge in [0.15, 0.2) is 5.66 Å². The Morgan fingerprint density at radius 1 is 1.29 bits per heavy atom. The van der Waals surface area contributed by atoms with Crippen molar-refractivity contribution in [3.05, 3.63) is 5.21 Å². The van der Waals surface area contributed by atoms with E-state index >= 15 is 0 Å². The van der Waals surface area contributed by atoms with Crippen LogP contribution in [0.25, 0.3) is 0 Å². The second kappa shape index (κ2) is 3.70. The molecule has 0 amide bonds. The molecule has 7 heteroatoms. The van der Waals surface area contributed by atoms with Crippen molar-refractivity contribution in [1.82, 2.24) is 0 Å². The highest BCUT2D eigenvalue weighted by Gasteiger charge is 2.53. The summed E-state index contributed by atoms with van der Waals surface area (Å²) in [6.07, 6.45) is 0. The summed E-state index contributed by atoms with van der Waals surface area (Å²) in [5.41, 5.74) is 4.10. The molecule has 0 fully saturated rings. The summed E-state index contributed by atoms with van der Waals surface area (Å²) >= 11 is 0. The molecule has 0 aromatic rings. The summed E-state index contributed by atoms with van der Waals surface area (Å²) in [7, 11) is 1.65. The molecule has 7 nitrogen and oxygen atoms in total. The van der Waals surface area contributed by atoms with Gasteiger partial charge in [-0.05, 0) is 0 Å². The first-order valence-corrected chi connectivity index (χ1v) is 4.34. The Labute approximate surface area is 84.4 Å².